The highest BCUT2D eigenvalue weighted by atomic mass is 19.1. The second kappa shape index (κ2) is 5.51. The molecule has 1 saturated carbocycles. The molecule has 3 nitrogen and oxygen atoms in total. The van der Waals surface area contributed by atoms with Crippen molar-refractivity contribution in [2.75, 3.05) is 0 Å². The topological polar surface area (TPSA) is 43.4 Å². The van der Waals surface area contributed by atoms with E-state index in [1.165, 1.54) is 13.0 Å². The van der Waals surface area contributed by atoms with Crippen LogP contribution in [0.4, 0.5) is 4.39 Å². The zero-order chi connectivity index (χ0) is 15.0. The predicted molar refractivity (Wildman–Crippen MR) is 73.5 cm³/mol. The molecule has 2 rings (SSSR count). The number of esters is 1. The molecule has 0 heterocycles. The largest absolute Gasteiger partial charge is 0.457 e. The summed E-state index contributed by atoms with van der Waals surface area (Å²) in [6.45, 7) is 7.06. The zero-order valence-corrected chi connectivity index (χ0v) is 12.4. The highest BCUT2D eigenvalue weighted by Crippen LogP contribution is 2.48. The molecule has 0 bridgehead atoms. The Bertz CT molecular complexity index is 500. The maximum Gasteiger partial charge on any atom is 0.310 e. The number of halogens is 1. The Balaban J connectivity index is 1.99. The van der Waals surface area contributed by atoms with Crippen molar-refractivity contribution in [1.29, 1.82) is 0 Å². The summed E-state index contributed by atoms with van der Waals surface area (Å²) in [5, 5.41) is 0. The summed E-state index contributed by atoms with van der Waals surface area (Å²) < 4.78 is 18.3. The standard InChI is InChI=1S/C16H21FO3/c1-5-11-9(3)14(7-13(11)18)20-16(19)15-10(4)12(15)6-8(2)17/h6,10,12,14-15H,5,7H2,1-4H3/b8-6+/t10?,12-,14+,15+/m1/s1. The molecule has 0 N–H and O–H groups in total. The second-order valence-electron chi connectivity index (χ2n) is 5.78. The summed E-state index contributed by atoms with van der Waals surface area (Å²) in [4.78, 5) is 23.9. The normalized spacial score (nSPS) is 33.6. The van der Waals surface area contributed by atoms with Crippen LogP contribution >= 0.6 is 0 Å². The van der Waals surface area contributed by atoms with Gasteiger partial charge in [-0.05, 0) is 49.3 Å². The Kier molecular flexibility index (Phi) is 4.11. The number of hydrogen-bond acceptors (Lipinski definition) is 3. The molecule has 4 heteroatoms. The molecule has 1 unspecified atom stereocenters. The summed E-state index contributed by atoms with van der Waals surface area (Å²) in [6, 6.07) is 0. The zero-order valence-electron chi connectivity index (χ0n) is 12.4. The smallest absolute Gasteiger partial charge is 0.310 e. The van der Waals surface area contributed by atoms with E-state index in [2.05, 4.69) is 0 Å². The average molecular weight is 280 g/mol. The number of carbonyl (C=O) groups excluding carboxylic acids is 2. The van der Waals surface area contributed by atoms with Crippen LogP contribution in [0.3, 0.4) is 0 Å². The van der Waals surface area contributed by atoms with Crippen molar-refractivity contribution in [2.45, 2.75) is 46.6 Å². The Labute approximate surface area is 118 Å². The van der Waals surface area contributed by atoms with Crippen LogP contribution in [-0.4, -0.2) is 17.9 Å². The first-order chi connectivity index (χ1) is 9.36. The minimum Gasteiger partial charge on any atom is -0.457 e. The third kappa shape index (κ3) is 2.69. The number of Topliss-reactive ketones (excluding diaryl/α,β-unsaturated/α-hetero) is 1. The average Bonchev–Trinajstić information content (AvgIpc) is 2.88. The number of hydrogen-bond donors (Lipinski definition) is 0. The van der Waals surface area contributed by atoms with E-state index in [1.54, 1.807) is 0 Å². The van der Waals surface area contributed by atoms with Crippen molar-refractivity contribution in [3.05, 3.63) is 23.0 Å². The van der Waals surface area contributed by atoms with Gasteiger partial charge in [0.05, 0.1) is 18.2 Å². The van der Waals surface area contributed by atoms with E-state index < -0.39 is 6.10 Å². The number of rotatable bonds is 4. The van der Waals surface area contributed by atoms with E-state index in [-0.39, 0.29) is 41.8 Å². The van der Waals surface area contributed by atoms with E-state index in [1.807, 2.05) is 20.8 Å². The molecule has 0 aromatic rings. The van der Waals surface area contributed by atoms with E-state index in [4.69, 9.17) is 4.74 Å². The maximum absolute atomic E-state index is 12.9. The van der Waals surface area contributed by atoms with Gasteiger partial charge in [-0.25, -0.2) is 4.39 Å². The molecular weight excluding hydrogens is 259 g/mol. The highest BCUT2D eigenvalue weighted by molar-refractivity contribution is 5.99. The van der Waals surface area contributed by atoms with Crippen molar-refractivity contribution >= 4 is 11.8 Å². The van der Waals surface area contributed by atoms with Gasteiger partial charge in [0.2, 0.25) is 0 Å². The molecule has 0 radical (unpaired) electrons. The molecule has 0 aliphatic heterocycles. The van der Waals surface area contributed by atoms with Crippen LogP contribution in [0.2, 0.25) is 0 Å². The van der Waals surface area contributed by atoms with E-state index in [0.29, 0.717) is 6.42 Å². The quantitative estimate of drug-likeness (QED) is 0.742. The van der Waals surface area contributed by atoms with Gasteiger partial charge >= 0.3 is 5.97 Å². The molecule has 0 aromatic heterocycles. The number of allylic oxidation sites excluding steroid dienone is 3. The summed E-state index contributed by atoms with van der Waals surface area (Å²) >= 11 is 0. The van der Waals surface area contributed by atoms with Crippen molar-refractivity contribution in [3.8, 4) is 0 Å². The van der Waals surface area contributed by atoms with Gasteiger partial charge in [-0.3, -0.25) is 9.59 Å². The fourth-order valence-corrected chi connectivity index (χ4v) is 3.07. The third-order valence-electron chi connectivity index (χ3n) is 4.42. The third-order valence-corrected chi connectivity index (χ3v) is 4.42. The van der Waals surface area contributed by atoms with E-state index in [0.717, 1.165) is 11.1 Å². The molecule has 0 saturated heterocycles. The van der Waals surface area contributed by atoms with Crippen LogP contribution in [-0.2, 0) is 14.3 Å². The van der Waals surface area contributed by atoms with Crippen LogP contribution in [0.5, 0.6) is 0 Å². The van der Waals surface area contributed by atoms with Gasteiger partial charge in [-0.1, -0.05) is 13.8 Å². The van der Waals surface area contributed by atoms with Gasteiger partial charge < -0.3 is 4.74 Å². The fraction of sp³-hybridized carbons (Fsp3) is 0.625. The molecule has 110 valence electrons. The molecule has 2 aliphatic rings. The monoisotopic (exact) mass is 280 g/mol. The van der Waals surface area contributed by atoms with Crippen molar-refractivity contribution in [2.24, 2.45) is 17.8 Å². The predicted octanol–water partition coefficient (Wildman–Crippen LogP) is 3.35. The lowest BCUT2D eigenvalue weighted by Crippen LogP contribution is -2.19. The van der Waals surface area contributed by atoms with Gasteiger partial charge in [0.25, 0.3) is 0 Å². The highest BCUT2D eigenvalue weighted by Gasteiger charge is 2.52. The number of carbonyl (C=O) groups is 2. The molecule has 0 amide bonds. The summed E-state index contributed by atoms with van der Waals surface area (Å²) in [5.41, 5.74) is 1.65. The molecular formula is C16H21FO3. The SMILES string of the molecule is CCC1=C(C)[C@@H](OC(=O)[C@H]2C(C)[C@H]2/C=C(\C)F)CC1=O. The first-order valence-electron chi connectivity index (χ1n) is 7.14. The minimum absolute atomic E-state index is 0.0699. The molecule has 0 spiro atoms. The first kappa shape index (κ1) is 14.9. The van der Waals surface area contributed by atoms with Gasteiger partial charge in [-0.15, -0.1) is 0 Å². The number of ketones is 1. The van der Waals surface area contributed by atoms with Crippen LogP contribution in [0, 0.1) is 17.8 Å². The molecule has 4 atom stereocenters. The first-order valence-corrected chi connectivity index (χ1v) is 7.14. The van der Waals surface area contributed by atoms with Crippen LogP contribution < -0.4 is 0 Å². The summed E-state index contributed by atoms with van der Waals surface area (Å²) in [7, 11) is 0. The van der Waals surface area contributed by atoms with Crippen molar-refractivity contribution in [3.63, 3.8) is 0 Å². The van der Waals surface area contributed by atoms with Crippen LogP contribution in [0.15, 0.2) is 23.0 Å². The van der Waals surface area contributed by atoms with Gasteiger partial charge in [0, 0.05) is 0 Å². The van der Waals surface area contributed by atoms with E-state index in [9.17, 15) is 14.0 Å². The lowest BCUT2D eigenvalue weighted by molar-refractivity contribution is -0.149. The van der Waals surface area contributed by atoms with Crippen molar-refractivity contribution in [1.82, 2.24) is 0 Å². The van der Waals surface area contributed by atoms with Crippen molar-refractivity contribution < 1.29 is 18.7 Å². The van der Waals surface area contributed by atoms with Crippen LogP contribution in [0.1, 0.15) is 40.5 Å². The Morgan fingerprint density at radius 2 is 2.15 bits per heavy atom. The summed E-state index contributed by atoms with van der Waals surface area (Å²) in [6.07, 6.45) is 1.99. The molecule has 2 aliphatic carbocycles. The molecule has 20 heavy (non-hydrogen) atoms. The maximum atomic E-state index is 12.9. The Hall–Kier alpha value is -1.45. The van der Waals surface area contributed by atoms with Gasteiger partial charge in [0.1, 0.15) is 6.10 Å². The number of ether oxygens (including phenoxy) is 1. The minimum atomic E-state index is -0.422. The molecule has 0 aromatic carbocycles. The summed E-state index contributed by atoms with van der Waals surface area (Å²) in [5.74, 6) is -0.733. The van der Waals surface area contributed by atoms with Gasteiger partial charge in [0.15, 0.2) is 5.78 Å². The van der Waals surface area contributed by atoms with Crippen LogP contribution in [0.25, 0.3) is 0 Å². The van der Waals surface area contributed by atoms with E-state index >= 15 is 0 Å². The molecule has 1 fully saturated rings. The Morgan fingerprint density at radius 1 is 1.50 bits per heavy atom. The lowest BCUT2D eigenvalue weighted by Gasteiger charge is -2.13. The Morgan fingerprint density at radius 3 is 2.65 bits per heavy atom. The fourth-order valence-electron chi connectivity index (χ4n) is 3.07. The van der Waals surface area contributed by atoms with Gasteiger partial charge in [-0.2, -0.15) is 0 Å². The lowest BCUT2D eigenvalue weighted by atomic mass is 10.1. The second-order valence-corrected chi connectivity index (χ2v) is 5.78.